The van der Waals surface area contributed by atoms with Crippen molar-refractivity contribution in [2.24, 2.45) is 0 Å². The van der Waals surface area contributed by atoms with Crippen LogP contribution in [-0.2, 0) is 10.0 Å². The first-order valence-corrected chi connectivity index (χ1v) is 8.62. The second-order valence-corrected chi connectivity index (χ2v) is 7.90. The summed E-state index contributed by atoms with van der Waals surface area (Å²) in [5.41, 5.74) is 0. The summed E-state index contributed by atoms with van der Waals surface area (Å²) in [6, 6.07) is 0.482. The molecule has 3 fully saturated rings. The fourth-order valence-corrected chi connectivity index (χ4v) is 5.47. The molecule has 0 aromatic heterocycles. The third-order valence-corrected chi connectivity index (χ3v) is 6.98. The molecule has 0 spiro atoms. The first kappa shape index (κ1) is 12.8. The summed E-state index contributed by atoms with van der Waals surface area (Å²) in [6.45, 7) is 5.19. The minimum absolute atomic E-state index is 0.147. The normalized spacial score (nSPS) is 32.6. The molecular weight excluding hydrogens is 250 g/mol. The zero-order valence-corrected chi connectivity index (χ0v) is 11.7. The highest BCUT2D eigenvalue weighted by molar-refractivity contribution is 7.89. The topological polar surface area (TPSA) is 52.7 Å². The van der Waals surface area contributed by atoms with Gasteiger partial charge < -0.3 is 5.32 Å². The van der Waals surface area contributed by atoms with Crippen LogP contribution in [0.15, 0.2) is 0 Å². The molecular formula is C12H23N3O2S. The molecule has 6 heteroatoms. The molecule has 0 aliphatic carbocycles. The molecule has 1 N–H and O–H groups in total. The van der Waals surface area contributed by atoms with Crippen LogP contribution in [0.1, 0.15) is 25.7 Å². The number of piperidine rings is 1. The molecule has 3 saturated heterocycles. The molecule has 104 valence electrons. The molecule has 3 aliphatic rings. The van der Waals surface area contributed by atoms with Crippen LogP contribution in [0.25, 0.3) is 0 Å². The molecule has 18 heavy (non-hydrogen) atoms. The second kappa shape index (κ2) is 5.07. The number of nitrogens with one attached hydrogen (secondary N) is 1. The number of sulfonamides is 1. The third kappa shape index (κ3) is 2.31. The van der Waals surface area contributed by atoms with Crippen molar-refractivity contribution in [3.8, 4) is 0 Å². The van der Waals surface area contributed by atoms with Crippen LogP contribution in [0, 0.1) is 0 Å². The first-order chi connectivity index (χ1) is 8.68. The molecule has 3 rings (SSSR count). The van der Waals surface area contributed by atoms with E-state index in [4.69, 9.17) is 0 Å². The van der Waals surface area contributed by atoms with Gasteiger partial charge in [-0.2, -0.15) is 4.31 Å². The van der Waals surface area contributed by atoms with Gasteiger partial charge in [-0.15, -0.1) is 0 Å². The lowest BCUT2D eigenvalue weighted by Crippen LogP contribution is -2.54. The van der Waals surface area contributed by atoms with Crippen LogP contribution >= 0.6 is 0 Å². The van der Waals surface area contributed by atoms with E-state index in [0.29, 0.717) is 12.6 Å². The standard InChI is InChI=1S/C12H23N3O2S/c16-18(17,12-3-5-13-6-4-12)15-9-8-14-7-1-2-11(14)10-15/h11-13H,1-10H2. The quantitative estimate of drug-likeness (QED) is 0.760. The van der Waals surface area contributed by atoms with Crippen LogP contribution in [-0.4, -0.2) is 68.2 Å². The summed E-state index contributed by atoms with van der Waals surface area (Å²) in [7, 11) is -3.06. The van der Waals surface area contributed by atoms with Crippen molar-refractivity contribution in [3.05, 3.63) is 0 Å². The molecule has 0 saturated carbocycles. The Morgan fingerprint density at radius 2 is 1.78 bits per heavy atom. The fraction of sp³-hybridized carbons (Fsp3) is 1.00. The van der Waals surface area contributed by atoms with E-state index in [2.05, 4.69) is 10.2 Å². The van der Waals surface area contributed by atoms with Gasteiger partial charge in [0.2, 0.25) is 10.0 Å². The Kier molecular flexibility index (Phi) is 3.62. The minimum atomic E-state index is -3.06. The van der Waals surface area contributed by atoms with Gasteiger partial charge in [-0.1, -0.05) is 0 Å². The maximum Gasteiger partial charge on any atom is 0.217 e. The van der Waals surface area contributed by atoms with E-state index in [1.54, 1.807) is 4.31 Å². The van der Waals surface area contributed by atoms with Crippen molar-refractivity contribution in [2.45, 2.75) is 37.0 Å². The first-order valence-electron chi connectivity index (χ1n) is 7.11. The van der Waals surface area contributed by atoms with Crippen LogP contribution in [0.2, 0.25) is 0 Å². The van der Waals surface area contributed by atoms with E-state index in [9.17, 15) is 8.42 Å². The predicted molar refractivity (Wildman–Crippen MR) is 71.0 cm³/mol. The van der Waals surface area contributed by atoms with Crippen LogP contribution in [0.4, 0.5) is 0 Å². The molecule has 0 aromatic carbocycles. The van der Waals surface area contributed by atoms with Gasteiger partial charge in [-0.3, -0.25) is 4.90 Å². The lowest BCUT2D eigenvalue weighted by Gasteiger charge is -2.39. The molecule has 3 aliphatic heterocycles. The van der Waals surface area contributed by atoms with Crippen LogP contribution < -0.4 is 5.32 Å². The number of rotatable bonds is 2. The van der Waals surface area contributed by atoms with E-state index < -0.39 is 10.0 Å². The van der Waals surface area contributed by atoms with Crippen molar-refractivity contribution in [1.29, 1.82) is 0 Å². The Bertz CT molecular complexity index is 392. The van der Waals surface area contributed by atoms with Gasteiger partial charge in [0.15, 0.2) is 0 Å². The van der Waals surface area contributed by atoms with E-state index in [1.807, 2.05) is 0 Å². The molecule has 0 aromatic rings. The highest BCUT2D eigenvalue weighted by atomic mass is 32.2. The predicted octanol–water partition coefficient (Wildman–Crippen LogP) is -0.152. The SMILES string of the molecule is O=S(=O)(C1CCNCC1)N1CCN2CCCC2C1. The molecule has 1 unspecified atom stereocenters. The van der Waals surface area contributed by atoms with E-state index in [0.717, 1.165) is 52.0 Å². The van der Waals surface area contributed by atoms with Gasteiger partial charge >= 0.3 is 0 Å². The minimum Gasteiger partial charge on any atom is -0.317 e. The molecule has 0 bridgehead atoms. The highest BCUT2D eigenvalue weighted by Crippen LogP contribution is 2.26. The van der Waals surface area contributed by atoms with Crippen molar-refractivity contribution in [1.82, 2.24) is 14.5 Å². The van der Waals surface area contributed by atoms with Crippen LogP contribution in [0.3, 0.4) is 0 Å². The van der Waals surface area contributed by atoms with Gasteiger partial charge in [0.05, 0.1) is 5.25 Å². The molecule has 0 amide bonds. The van der Waals surface area contributed by atoms with Gasteiger partial charge in [0, 0.05) is 25.7 Å². The van der Waals surface area contributed by atoms with E-state index >= 15 is 0 Å². The summed E-state index contributed by atoms with van der Waals surface area (Å²) in [5.74, 6) is 0. The molecule has 5 nitrogen and oxygen atoms in total. The van der Waals surface area contributed by atoms with Crippen molar-refractivity contribution in [2.75, 3.05) is 39.3 Å². The van der Waals surface area contributed by atoms with Crippen molar-refractivity contribution >= 4 is 10.0 Å². The maximum atomic E-state index is 12.6. The van der Waals surface area contributed by atoms with Crippen molar-refractivity contribution < 1.29 is 8.42 Å². The number of fused-ring (bicyclic) bond motifs is 1. The summed E-state index contributed by atoms with van der Waals surface area (Å²) in [6.07, 6.45) is 3.94. The van der Waals surface area contributed by atoms with Gasteiger partial charge in [0.1, 0.15) is 0 Å². The number of hydrogen-bond donors (Lipinski definition) is 1. The molecule has 3 heterocycles. The lowest BCUT2D eigenvalue weighted by molar-refractivity contribution is 0.157. The average Bonchev–Trinajstić information content (AvgIpc) is 2.87. The fourth-order valence-electron chi connectivity index (χ4n) is 3.50. The molecule has 0 radical (unpaired) electrons. The number of hydrogen-bond acceptors (Lipinski definition) is 4. The Morgan fingerprint density at radius 1 is 1.00 bits per heavy atom. The Balaban J connectivity index is 1.69. The maximum absolute atomic E-state index is 12.6. The molecule has 1 atom stereocenters. The highest BCUT2D eigenvalue weighted by Gasteiger charge is 2.39. The van der Waals surface area contributed by atoms with Gasteiger partial charge in [-0.05, 0) is 45.3 Å². The summed E-state index contributed by atoms with van der Waals surface area (Å²) in [4.78, 5) is 2.45. The monoisotopic (exact) mass is 273 g/mol. The van der Waals surface area contributed by atoms with Gasteiger partial charge in [-0.25, -0.2) is 8.42 Å². The Morgan fingerprint density at radius 3 is 2.56 bits per heavy atom. The zero-order valence-electron chi connectivity index (χ0n) is 10.8. The number of piperazine rings is 1. The summed E-state index contributed by atoms with van der Waals surface area (Å²) >= 11 is 0. The Labute approximate surface area is 110 Å². The zero-order chi connectivity index (χ0) is 12.6. The van der Waals surface area contributed by atoms with E-state index in [1.165, 1.54) is 6.42 Å². The lowest BCUT2D eigenvalue weighted by atomic mass is 10.2. The largest absolute Gasteiger partial charge is 0.317 e. The smallest absolute Gasteiger partial charge is 0.217 e. The average molecular weight is 273 g/mol. The third-order valence-electron chi connectivity index (χ3n) is 4.62. The van der Waals surface area contributed by atoms with Gasteiger partial charge in [0.25, 0.3) is 0 Å². The second-order valence-electron chi connectivity index (χ2n) is 5.68. The number of nitrogens with zero attached hydrogens (tertiary/aromatic N) is 2. The van der Waals surface area contributed by atoms with Crippen LogP contribution in [0.5, 0.6) is 0 Å². The Hall–Kier alpha value is -0.170. The van der Waals surface area contributed by atoms with E-state index in [-0.39, 0.29) is 5.25 Å². The van der Waals surface area contributed by atoms with Crippen molar-refractivity contribution in [3.63, 3.8) is 0 Å². The summed E-state index contributed by atoms with van der Waals surface area (Å²) < 4.78 is 27.0. The summed E-state index contributed by atoms with van der Waals surface area (Å²) in [5, 5.41) is 3.09.